The zero-order valence-corrected chi connectivity index (χ0v) is 15.4. The third-order valence-electron chi connectivity index (χ3n) is 4.66. The zero-order chi connectivity index (χ0) is 17.6. The second kappa shape index (κ2) is 8.28. The number of nitrogens with one attached hydrogen (secondary N) is 2. The van der Waals surface area contributed by atoms with Crippen LogP contribution < -0.4 is 10.2 Å². The highest BCUT2D eigenvalue weighted by molar-refractivity contribution is 7.16. The van der Waals surface area contributed by atoms with Crippen molar-refractivity contribution >= 4 is 22.2 Å². The Kier molecular flexibility index (Phi) is 5.85. The molecule has 0 aliphatic heterocycles. The predicted molar refractivity (Wildman–Crippen MR) is 101 cm³/mol. The molecule has 0 saturated heterocycles. The highest BCUT2D eigenvalue weighted by Gasteiger charge is 2.21. The minimum Gasteiger partial charge on any atom is -0.333 e. The van der Waals surface area contributed by atoms with Crippen LogP contribution in [0.15, 0.2) is 30.3 Å². The number of amides is 1. The Morgan fingerprint density at radius 1 is 1.28 bits per heavy atom. The Morgan fingerprint density at radius 2 is 2.04 bits per heavy atom. The molecule has 5 heteroatoms. The van der Waals surface area contributed by atoms with Crippen molar-refractivity contribution in [3.63, 3.8) is 0 Å². The summed E-state index contributed by atoms with van der Waals surface area (Å²) in [4.78, 5) is 14.9. The van der Waals surface area contributed by atoms with Crippen LogP contribution in [0.2, 0.25) is 0 Å². The summed E-state index contributed by atoms with van der Waals surface area (Å²) in [5.41, 5.74) is 3.14. The molecule has 130 valence electrons. The van der Waals surface area contributed by atoms with Crippen LogP contribution in [0.1, 0.15) is 40.8 Å². The lowest BCUT2D eigenvalue weighted by atomic mass is 9.96. The highest BCUT2D eigenvalue weighted by atomic mass is 32.1. The maximum Gasteiger partial charge on any atom is 0.230 e. The summed E-state index contributed by atoms with van der Waals surface area (Å²) in [5, 5.41) is 13.2. The lowest BCUT2D eigenvalue weighted by Gasteiger charge is -2.13. The number of benzene rings is 1. The molecule has 1 unspecified atom stereocenters. The van der Waals surface area contributed by atoms with E-state index >= 15 is 0 Å². The molecule has 1 atom stereocenters. The summed E-state index contributed by atoms with van der Waals surface area (Å²) in [5.74, 6) is 0.00232. The lowest BCUT2D eigenvalue weighted by molar-refractivity contribution is -0.893. The predicted octanol–water partition coefficient (Wildman–Crippen LogP) is 2.54. The number of anilines is 1. The van der Waals surface area contributed by atoms with E-state index in [2.05, 4.69) is 30.6 Å². The first kappa shape index (κ1) is 17.7. The summed E-state index contributed by atoms with van der Waals surface area (Å²) < 4.78 is 0. The van der Waals surface area contributed by atoms with Crippen molar-refractivity contribution in [1.29, 1.82) is 5.26 Å². The van der Waals surface area contributed by atoms with Crippen molar-refractivity contribution < 1.29 is 9.69 Å². The normalized spacial score (nSPS) is 14.4. The molecule has 1 aromatic carbocycles. The third kappa shape index (κ3) is 4.47. The van der Waals surface area contributed by atoms with Gasteiger partial charge in [0.05, 0.1) is 25.6 Å². The first-order chi connectivity index (χ1) is 12.2. The second-order valence-electron chi connectivity index (χ2n) is 6.69. The Labute approximate surface area is 153 Å². The molecule has 2 aromatic rings. The quantitative estimate of drug-likeness (QED) is 0.838. The van der Waals surface area contributed by atoms with Gasteiger partial charge in [-0.15, -0.1) is 11.3 Å². The van der Waals surface area contributed by atoms with Crippen LogP contribution in [-0.4, -0.2) is 19.5 Å². The van der Waals surface area contributed by atoms with Crippen LogP contribution in [0, 0.1) is 11.3 Å². The van der Waals surface area contributed by atoms with Crippen LogP contribution in [0.3, 0.4) is 0 Å². The summed E-state index contributed by atoms with van der Waals surface area (Å²) in [7, 11) is 2.10. The average Bonchev–Trinajstić information content (AvgIpc) is 2.97. The molecule has 1 aromatic heterocycles. The van der Waals surface area contributed by atoms with Gasteiger partial charge in [0, 0.05) is 10.4 Å². The van der Waals surface area contributed by atoms with E-state index < -0.39 is 0 Å². The smallest absolute Gasteiger partial charge is 0.230 e. The summed E-state index contributed by atoms with van der Waals surface area (Å²) in [6.07, 6.45) is 4.79. The molecule has 25 heavy (non-hydrogen) atoms. The van der Waals surface area contributed by atoms with E-state index in [4.69, 9.17) is 0 Å². The van der Waals surface area contributed by atoms with Gasteiger partial charge in [-0.2, -0.15) is 5.26 Å². The van der Waals surface area contributed by atoms with Gasteiger partial charge in [0.25, 0.3) is 0 Å². The first-order valence-corrected chi connectivity index (χ1v) is 9.68. The van der Waals surface area contributed by atoms with E-state index in [1.807, 2.05) is 18.2 Å². The van der Waals surface area contributed by atoms with E-state index in [0.29, 0.717) is 12.0 Å². The van der Waals surface area contributed by atoms with Gasteiger partial charge >= 0.3 is 0 Å². The minimum atomic E-state index is 0.00232. The largest absolute Gasteiger partial charge is 0.333 e. The number of rotatable bonds is 6. The fourth-order valence-electron chi connectivity index (χ4n) is 3.32. The van der Waals surface area contributed by atoms with Crippen molar-refractivity contribution in [1.82, 2.24) is 0 Å². The van der Waals surface area contributed by atoms with Crippen LogP contribution in [0.25, 0.3) is 0 Å². The standard InChI is InChI=1S/C20H23N3OS/c1-23(14-15-7-3-2-4-8-15)12-11-19(24)22-20-17(13-21)16-9-5-6-10-18(16)25-20/h2-4,7-8H,5-6,9-12,14H2,1H3,(H,22,24)/p+1. The van der Waals surface area contributed by atoms with Crippen LogP contribution in [-0.2, 0) is 24.2 Å². The van der Waals surface area contributed by atoms with Crippen LogP contribution >= 0.6 is 11.3 Å². The fourth-order valence-corrected chi connectivity index (χ4v) is 4.58. The maximum absolute atomic E-state index is 12.3. The molecular formula is C20H24N3OS+. The van der Waals surface area contributed by atoms with E-state index in [-0.39, 0.29) is 5.91 Å². The minimum absolute atomic E-state index is 0.00232. The van der Waals surface area contributed by atoms with Crippen molar-refractivity contribution in [2.24, 2.45) is 0 Å². The van der Waals surface area contributed by atoms with Gasteiger partial charge in [-0.3, -0.25) is 4.79 Å². The van der Waals surface area contributed by atoms with Crippen molar-refractivity contribution in [2.75, 3.05) is 18.9 Å². The molecule has 0 saturated carbocycles. The number of hydrogen-bond acceptors (Lipinski definition) is 3. The molecule has 1 amide bonds. The molecular weight excluding hydrogens is 330 g/mol. The van der Waals surface area contributed by atoms with Gasteiger partial charge in [0.1, 0.15) is 17.6 Å². The van der Waals surface area contributed by atoms with Gasteiger partial charge in [-0.1, -0.05) is 30.3 Å². The molecule has 3 rings (SSSR count). The molecule has 0 radical (unpaired) electrons. The van der Waals surface area contributed by atoms with E-state index in [1.165, 1.54) is 27.3 Å². The SMILES string of the molecule is C[NH+](CCC(=O)Nc1sc2c(c1C#N)CCCC2)Cc1ccccc1. The Hall–Kier alpha value is -2.16. The Balaban J connectivity index is 1.54. The molecule has 2 N–H and O–H groups in total. The third-order valence-corrected chi connectivity index (χ3v) is 5.87. The number of fused-ring (bicyclic) bond motifs is 1. The van der Waals surface area contributed by atoms with Crippen LogP contribution in [0.4, 0.5) is 5.00 Å². The number of nitriles is 1. The molecule has 0 spiro atoms. The van der Waals surface area contributed by atoms with Gasteiger partial charge in [-0.05, 0) is 31.2 Å². The molecule has 1 heterocycles. The van der Waals surface area contributed by atoms with Crippen molar-refractivity contribution in [2.45, 2.75) is 38.6 Å². The summed E-state index contributed by atoms with van der Waals surface area (Å²) in [6, 6.07) is 12.6. The number of thiophene rings is 1. The van der Waals surface area contributed by atoms with Crippen LogP contribution in [0.5, 0.6) is 0 Å². The highest BCUT2D eigenvalue weighted by Crippen LogP contribution is 2.37. The molecule has 1 aliphatic rings. The van der Waals surface area contributed by atoms with Crippen molar-refractivity contribution in [3.05, 3.63) is 51.9 Å². The van der Waals surface area contributed by atoms with E-state index in [9.17, 15) is 10.1 Å². The monoisotopic (exact) mass is 354 g/mol. The summed E-state index contributed by atoms with van der Waals surface area (Å²) >= 11 is 1.59. The number of aryl methyl sites for hydroxylation is 1. The fraction of sp³-hybridized carbons (Fsp3) is 0.400. The number of hydrogen-bond donors (Lipinski definition) is 2. The number of carbonyl (C=O) groups excluding carboxylic acids is 1. The first-order valence-electron chi connectivity index (χ1n) is 8.87. The van der Waals surface area contributed by atoms with E-state index in [0.717, 1.165) is 37.4 Å². The van der Waals surface area contributed by atoms with Gasteiger partial charge in [0.2, 0.25) is 5.91 Å². The molecule has 0 bridgehead atoms. The van der Waals surface area contributed by atoms with Gasteiger partial charge in [-0.25, -0.2) is 0 Å². The number of carbonyl (C=O) groups is 1. The zero-order valence-electron chi connectivity index (χ0n) is 14.6. The summed E-state index contributed by atoms with van der Waals surface area (Å²) in [6.45, 7) is 1.68. The Morgan fingerprint density at radius 3 is 2.80 bits per heavy atom. The van der Waals surface area contributed by atoms with E-state index in [1.54, 1.807) is 11.3 Å². The Bertz CT molecular complexity index is 776. The molecule has 4 nitrogen and oxygen atoms in total. The van der Waals surface area contributed by atoms with Gasteiger partial charge in [0.15, 0.2) is 0 Å². The number of quaternary nitrogens is 1. The van der Waals surface area contributed by atoms with Gasteiger partial charge < -0.3 is 10.2 Å². The number of nitrogens with zero attached hydrogens (tertiary/aromatic N) is 1. The topological polar surface area (TPSA) is 57.3 Å². The molecule has 1 aliphatic carbocycles. The second-order valence-corrected chi connectivity index (χ2v) is 7.80. The average molecular weight is 354 g/mol. The molecule has 0 fully saturated rings. The lowest BCUT2D eigenvalue weighted by Crippen LogP contribution is -3.07. The van der Waals surface area contributed by atoms with Crippen molar-refractivity contribution in [3.8, 4) is 6.07 Å². The maximum atomic E-state index is 12.3.